The van der Waals surface area contributed by atoms with Gasteiger partial charge in [-0.2, -0.15) is 0 Å². The summed E-state index contributed by atoms with van der Waals surface area (Å²) < 4.78 is 17.4. The van der Waals surface area contributed by atoms with Crippen molar-refractivity contribution in [3.63, 3.8) is 0 Å². The summed E-state index contributed by atoms with van der Waals surface area (Å²) in [5.41, 5.74) is 1.42. The summed E-state index contributed by atoms with van der Waals surface area (Å²) >= 11 is 6.31. The van der Waals surface area contributed by atoms with E-state index in [2.05, 4.69) is 22.6 Å². The van der Waals surface area contributed by atoms with Gasteiger partial charge in [-0.3, -0.25) is 4.79 Å². The molecule has 0 saturated carbocycles. The van der Waals surface area contributed by atoms with E-state index < -0.39 is 29.9 Å². The van der Waals surface area contributed by atoms with Crippen LogP contribution in [0.25, 0.3) is 11.0 Å². The molecular weight excluding hydrogens is 648 g/mol. The fourth-order valence-electron chi connectivity index (χ4n) is 5.09. The number of unbranched alkanes of at least 4 members (excludes halogenated alkanes) is 9. The smallest absolute Gasteiger partial charge is 0.347 e. The van der Waals surface area contributed by atoms with Crippen LogP contribution >= 0.6 is 11.6 Å². The SMILES string of the molecule is CCCCCCCCCCCCOC(=O)C(C)OC(=O)c1ccc(Cl)c(NC(=O)Cn2nnc3ccc(C(=O)Oc4ccccc4)cc32)c1. The van der Waals surface area contributed by atoms with Crippen LogP contribution in [0.4, 0.5) is 5.69 Å². The lowest BCUT2D eigenvalue weighted by Gasteiger charge is -2.14. The Kier molecular flexibility index (Phi) is 14.6. The van der Waals surface area contributed by atoms with Gasteiger partial charge in [-0.15, -0.1) is 5.10 Å². The van der Waals surface area contributed by atoms with E-state index in [1.807, 2.05) is 6.07 Å². The maximum Gasteiger partial charge on any atom is 0.347 e. The van der Waals surface area contributed by atoms with Gasteiger partial charge in [0.05, 0.1) is 34.0 Å². The van der Waals surface area contributed by atoms with E-state index in [4.69, 9.17) is 25.8 Å². The zero-order valence-electron chi connectivity index (χ0n) is 28.0. The van der Waals surface area contributed by atoms with Crippen LogP contribution in [0.3, 0.4) is 0 Å². The molecule has 1 aromatic heterocycles. The monoisotopic (exact) mass is 690 g/mol. The standard InChI is InChI=1S/C37H43ClN4O7/c1-3-4-5-6-7-8-9-10-11-15-22-47-35(44)26(2)48-36(45)27-18-20-30(38)32(23-27)39-34(43)25-42-33-24-28(19-21-31(33)40-41-42)37(46)49-29-16-13-12-14-17-29/h12-14,16-21,23-24,26H,3-11,15,22,25H2,1-2H3,(H,39,43). The molecule has 0 saturated heterocycles. The number of benzene rings is 3. The van der Waals surface area contributed by atoms with Crippen LogP contribution in [0.5, 0.6) is 5.75 Å². The highest BCUT2D eigenvalue weighted by atomic mass is 35.5. The van der Waals surface area contributed by atoms with Gasteiger partial charge in [0, 0.05) is 0 Å². The topological polar surface area (TPSA) is 139 Å². The first kappa shape index (κ1) is 37.1. The predicted octanol–water partition coefficient (Wildman–Crippen LogP) is 7.95. The van der Waals surface area contributed by atoms with Gasteiger partial charge in [-0.25, -0.2) is 19.1 Å². The number of esters is 3. The minimum Gasteiger partial charge on any atom is -0.463 e. The number of halogens is 1. The van der Waals surface area contributed by atoms with E-state index in [0.717, 1.165) is 19.3 Å². The Morgan fingerprint density at radius 2 is 1.47 bits per heavy atom. The van der Waals surface area contributed by atoms with Crippen LogP contribution < -0.4 is 10.1 Å². The van der Waals surface area contributed by atoms with Gasteiger partial charge in [0.1, 0.15) is 17.8 Å². The predicted molar refractivity (Wildman–Crippen MR) is 187 cm³/mol. The largest absolute Gasteiger partial charge is 0.463 e. The maximum absolute atomic E-state index is 13.0. The van der Waals surface area contributed by atoms with Crippen molar-refractivity contribution in [2.45, 2.75) is 90.7 Å². The van der Waals surface area contributed by atoms with Gasteiger partial charge in [-0.1, -0.05) is 99.7 Å². The molecule has 260 valence electrons. The van der Waals surface area contributed by atoms with Crippen LogP contribution in [0.1, 0.15) is 98.8 Å². The van der Waals surface area contributed by atoms with Crippen LogP contribution in [0.2, 0.25) is 5.02 Å². The maximum atomic E-state index is 13.0. The number of anilines is 1. The molecule has 1 unspecified atom stereocenters. The number of hydrogen-bond donors (Lipinski definition) is 1. The molecular formula is C37H43ClN4O7. The minimum atomic E-state index is -1.11. The van der Waals surface area contributed by atoms with E-state index in [0.29, 0.717) is 16.8 Å². The zero-order valence-corrected chi connectivity index (χ0v) is 28.7. The highest BCUT2D eigenvalue weighted by Gasteiger charge is 2.22. The number of amides is 1. The van der Waals surface area contributed by atoms with Crippen LogP contribution in [0, 0.1) is 0 Å². The lowest BCUT2D eigenvalue weighted by atomic mass is 10.1. The molecule has 1 atom stereocenters. The Morgan fingerprint density at radius 3 is 2.18 bits per heavy atom. The van der Waals surface area contributed by atoms with Gasteiger partial charge in [0.2, 0.25) is 5.91 Å². The van der Waals surface area contributed by atoms with Crippen molar-refractivity contribution < 1.29 is 33.4 Å². The second kappa shape index (κ2) is 19.3. The summed E-state index contributed by atoms with van der Waals surface area (Å²) in [5.74, 6) is -2.08. The van der Waals surface area contributed by atoms with E-state index in [1.165, 1.54) is 74.8 Å². The quantitative estimate of drug-likeness (QED) is 0.0590. The molecule has 4 aromatic rings. The fourth-order valence-corrected chi connectivity index (χ4v) is 5.26. The first-order chi connectivity index (χ1) is 23.7. The Balaban J connectivity index is 1.24. The Morgan fingerprint density at radius 1 is 0.816 bits per heavy atom. The molecule has 0 aliphatic rings. The molecule has 0 fully saturated rings. The van der Waals surface area contributed by atoms with Gasteiger partial charge >= 0.3 is 17.9 Å². The second-order valence-electron chi connectivity index (χ2n) is 11.8. The summed E-state index contributed by atoms with van der Waals surface area (Å²) in [4.78, 5) is 50.9. The summed E-state index contributed by atoms with van der Waals surface area (Å²) in [6.45, 7) is 3.68. The Hall–Kier alpha value is -4.77. The normalized spacial score (nSPS) is 11.6. The van der Waals surface area contributed by atoms with Gasteiger partial charge in [-0.05, 0) is 61.9 Å². The van der Waals surface area contributed by atoms with Crippen molar-refractivity contribution in [1.82, 2.24) is 15.0 Å². The molecule has 0 aliphatic carbocycles. The third-order valence-corrected chi connectivity index (χ3v) is 8.16. The summed E-state index contributed by atoms with van der Waals surface area (Å²) in [6, 6.07) is 17.6. The first-order valence-corrected chi connectivity index (χ1v) is 17.2. The van der Waals surface area contributed by atoms with Crippen LogP contribution in [-0.2, 0) is 25.6 Å². The number of ether oxygens (including phenoxy) is 3. The van der Waals surface area contributed by atoms with E-state index in [-0.39, 0.29) is 35.0 Å². The third kappa shape index (κ3) is 11.7. The lowest BCUT2D eigenvalue weighted by Crippen LogP contribution is -2.26. The lowest BCUT2D eigenvalue weighted by molar-refractivity contribution is -0.153. The highest BCUT2D eigenvalue weighted by Crippen LogP contribution is 2.24. The zero-order chi connectivity index (χ0) is 35.0. The van der Waals surface area contributed by atoms with Crippen molar-refractivity contribution in [3.8, 4) is 5.75 Å². The van der Waals surface area contributed by atoms with E-state index in [1.54, 1.807) is 42.5 Å². The van der Waals surface area contributed by atoms with Crippen molar-refractivity contribution in [3.05, 3.63) is 82.9 Å². The van der Waals surface area contributed by atoms with E-state index in [9.17, 15) is 19.2 Å². The molecule has 1 N–H and O–H groups in total. The van der Waals surface area contributed by atoms with Crippen molar-refractivity contribution in [1.29, 1.82) is 0 Å². The van der Waals surface area contributed by atoms with E-state index >= 15 is 0 Å². The van der Waals surface area contributed by atoms with Crippen molar-refractivity contribution >= 4 is 52.1 Å². The number of nitrogens with zero attached hydrogens (tertiary/aromatic N) is 3. The number of para-hydroxylation sites is 1. The number of aromatic nitrogens is 3. The molecule has 0 spiro atoms. The Bertz CT molecular complexity index is 1710. The molecule has 0 radical (unpaired) electrons. The Labute approximate surface area is 291 Å². The molecule has 4 rings (SSSR count). The van der Waals surface area contributed by atoms with Crippen LogP contribution in [-0.4, -0.2) is 51.5 Å². The second-order valence-corrected chi connectivity index (χ2v) is 12.2. The van der Waals surface area contributed by atoms with Crippen molar-refractivity contribution in [2.75, 3.05) is 11.9 Å². The fraction of sp³-hybridized carbons (Fsp3) is 0.405. The molecule has 0 aliphatic heterocycles. The summed E-state index contributed by atoms with van der Waals surface area (Å²) in [7, 11) is 0. The molecule has 12 heteroatoms. The number of fused-ring (bicyclic) bond motifs is 1. The highest BCUT2D eigenvalue weighted by molar-refractivity contribution is 6.33. The third-order valence-electron chi connectivity index (χ3n) is 7.83. The van der Waals surface area contributed by atoms with Gasteiger partial charge in [0.15, 0.2) is 6.10 Å². The number of carbonyl (C=O) groups excluding carboxylic acids is 4. The molecule has 0 bridgehead atoms. The number of nitrogens with one attached hydrogen (secondary N) is 1. The minimum absolute atomic E-state index is 0.0850. The average molecular weight is 691 g/mol. The summed E-state index contributed by atoms with van der Waals surface area (Å²) in [6.07, 6.45) is 10.6. The molecule has 11 nitrogen and oxygen atoms in total. The van der Waals surface area contributed by atoms with Crippen molar-refractivity contribution in [2.24, 2.45) is 0 Å². The molecule has 1 heterocycles. The molecule has 49 heavy (non-hydrogen) atoms. The molecule has 3 aromatic carbocycles. The van der Waals surface area contributed by atoms with Gasteiger partial charge < -0.3 is 19.5 Å². The number of carbonyl (C=O) groups is 4. The summed E-state index contributed by atoms with van der Waals surface area (Å²) in [5, 5.41) is 11.0. The van der Waals surface area contributed by atoms with Crippen LogP contribution in [0.15, 0.2) is 66.7 Å². The van der Waals surface area contributed by atoms with Gasteiger partial charge in [0.25, 0.3) is 0 Å². The molecule has 1 amide bonds. The average Bonchev–Trinajstić information content (AvgIpc) is 3.49. The first-order valence-electron chi connectivity index (χ1n) is 16.8. The number of rotatable bonds is 19. The number of hydrogen-bond acceptors (Lipinski definition) is 9.